The van der Waals surface area contributed by atoms with Gasteiger partial charge < -0.3 is 14.8 Å². The minimum atomic E-state index is -1.13. The van der Waals surface area contributed by atoms with E-state index in [0.29, 0.717) is 17.0 Å². The van der Waals surface area contributed by atoms with Gasteiger partial charge in [0.1, 0.15) is 5.76 Å². The van der Waals surface area contributed by atoms with Gasteiger partial charge in [-0.1, -0.05) is 15.9 Å². The quantitative estimate of drug-likeness (QED) is 0.907. The third-order valence-corrected chi connectivity index (χ3v) is 2.87. The lowest BCUT2D eigenvalue weighted by atomic mass is 10.1. The largest absolute Gasteiger partial charge is 0.475 e. The van der Waals surface area contributed by atoms with Crippen molar-refractivity contribution in [2.75, 3.05) is 5.32 Å². The molecule has 6 heteroatoms. The number of hydrogen-bond donors (Lipinski definition) is 2. The van der Waals surface area contributed by atoms with Gasteiger partial charge in [-0.05, 0) is 30.3 Å². The van der Waals surface area contributed by atoms with Gasteiger partial charge in [-0.2, -0.15) is 0 Å². The molecule has 0 aliphatic carbocycles. The van der Waals surface area contributed by atoms with Crippen LogP contribution in [-0.2, 0) is 4.79 Å². The summed E-state index contributed by atoms with van der Waals surface area (Å²) in [6.45, 7) is 1.40. The van der Waals surface area contributed by atoms with Gasteiger partial charge >= 0.3 is 5.97 Å². The molecular weight excluding hydrogens is 314 g/mol. The molecule has 5 nitrogen and oxygen atoms in total. The van der Waals surface area contributed by atoms with Crippen LogP contribution in [0.3, 0.4) is 0 Å². The Morgan fingerprint density at radius 1 is 1.26 bits per heavy atom. The van der Waals surface area contributed by atoms with Crippen molar-refractivity contribution in [1.29, 1.82) is 0 Å². The Hall–Kier alpha value is -2.08. The Morgan fingerprint density at radius 3 is 2.58 bits per heavy atom. The monoisotopic (exact) mass is 323 g/mol. The number of aromatic carboxylic acids is 1. The molecule has 0 atom stereocenters. The van der Waals surface area contributed by atoms with E-state index < -0.39 is 5.97 Å². The van der Waals surface area contributed by atoms with E-state index in [2.05, 4.69) is 21.2 Å². The van der Waals surface area contributed by atoms with Crippen molar-refractivity contribution in [3.63, 3.8) is 0 Å². The molecular formula is C13H10BrNO4. The van der Waals surface area contributed by atoms with Crippen LogP contribution in [0.5, 0.6) is 0 Å². The number of halogens is 1. The fourth-order valence-corrected chi connectivity index (χ4v) is 1.98. The number of carbonyl (C=O) groups excluding carboxylic acids is 1. The second kappa shape index (κ2) is 5.27. The van der Waals surface area contributed by atoms with E-state index in [-0.39, 0.29) is 11.7 Å². The van der Waals surface area contributed by atoms with Crippen LogP contribution in [0.25, 0.3) is 11.3 Å². The molecule has 0 fully saturated rings. The number of carboxylic acid groups (broad SMARTS) is 1. The van der Waals surface area contributed by atoms with E-state index in [4.69, 9.17) is 9.52 Å². The Morgan fingerprint density at radius 2 is 2.00 bits per heavy atom. The van der Waals surface area contributed by atoms with Crippen LogP contribution in [0.15, 0.2) is 39.2 Å². The van der Waals surface area contributed by atoms with Crippen LogP contribution in [0.4, 0.5) is 5.69 Å². The van der Waals surface area contributed by atoms with Gasteiger partial charge in [0.25, 0.3) is 0 Å². The summed E-state index contributed by atoms with van der Waals surface area (Å²) in [6, 6.07) is 8.17. The highest BCUT2D eigenvalue weighted by molar-refractivity contribution is 9.10. The average Bonchev–Trinajstić information content (AvgIpc) is 2.77. The molecule has 0 saturated carbocycles. The summed E-state index contributed by atoms with van der Waals surface area (Å²) in [5, 5.41) is 11.5. The van der Waals surface area contributed by atoms with Gasteiger partial charge in [0.2, 0.25) is 11.7 Å². The third-order valence-electron chi connectivity index (χ3n) is 2.37. The molecule has 2 rings (SSSR count). The summed E-state index contributed by atoms with van der Waals surface area (Å²) < 4.78 is 6.02. The van der Waals surface area contributed by atoms with E-state index in [9.17, 15) is 9.59 Å². The van der Waals surface area contributed by atoms with Gasteiger partial charge in [0.05, 0.1) is 5.69 Å². The number of carboxylic acids is 1. The number of amides is 1. The lowest BCUT2D eigenvalue weighted by Gasteiger charge is -2.08. The average molecular weight is 324 g/mol. The maximum Gasteiger partial charge on any atom is 0.371 e. The fraction of sp³-hybridized carbons (Fsp3) is 0.0769. The highest BCUT2D eigenvalue weighted by Gasteiger charge is 2.14. The molecule has 0 aliphatic heterocycles. The number of rotatable bonds is 3. The van der Waals surface area contributed by atoms with Crippen LogP contribution < -0.4 is 5.32 Å². The summed E-state index contributed by atoms with van der Waals surface area (Å²) in [4.78, 5) is 22.0. The van der Waals surface area contributed by atoms with E-state index >= 15 is 0 Å². The Labute approximate surface area is 117 Å². The standard InChI is InChI=1S/C13H10BrNO4/c1-7(16)15-10-6-8(14)2-3-9(10)11-4-5-12(19-11)13(17)18/h2-6H,1H3,(H,15,16)(H,17,18). The molecule has 0 bridgehead atoms. The molecule has 0 saturated heterocycles. The Balaban J connectivity index is 2.47. The topological polar surface area (TPSA) is 79.5 Å². The summed E-state index contributed by atoms with van der Waals surface area (Å²) in [6.07, 6.45) is 0. The van der Waals surface area contributed by atoms with Gasteiger partial charge in [-0.15, -0.1) is 0 Å². The maximum absolute atomic E-state index is 11.2. The van der Waals surface area contributed by atoms with Crippen LogP contribution in [0.1, 0.15) is 17.5 Å². The lowest BCUT2D eigenvalue weighted by Crippen LogP contribution is -2.06. The zero-order chi connectivity index (χ0) is 14.0. The molecule has 1 aromatic heterocycles. The van der Waals surface area contributed by atoms with Crippen molar-refractivity contribution < 1.29 is 19.1 Å². The number of carbonyl (C=O) groups is 2. The molecule has 98 valence electrons. The minimum absolute atomic E-state index is 0.147. The molecule has 0 unspecified atom stereocenters. The highest BCUT2D eigenvalue weighted by Crippen LogP contribution is 2.32. The summed E-state index contributed by atoms with van der Waals surface area (Å²) in [5.74, 6) is -1.12. The highest BCUT2D eigenvalue weighted by atomic mass is 79.9. The number of nitrogens with one attached hydrogen (secondary N) is 1. The van der Waals surface area contributed by atoms with E-state index in [1.54, 1.807) is 24.3 Å². The van der Waals surface area contributed by atoms with Gasteiger partial charge in [0.15, 0.2) is 0 Å². The van der Waals surface area contributed by atoms with Gasteiger partial charge in [0, 0.05) is 17.0 Å². The first-order chi connectivity index (χ1) is 8.97. The lowest BCUT2D eigenvalue weighted by molar-refractivity contribution is -0.114. The maximum atomic E-state index is 11.2. The van der Waals surface area contributed by atoms with Crippen molar-refractivity contribution in [3.05, 3.63) is 40.6 Å². The second-order valence-corrected chi connectivity index (χ2v) is 4.76. The van der Waals surface area contributed by atoms with Crippen molar-refractivity contribution in [1.82, 2.24) is 0 Å². The molecule has 1 aromatic carbocycles. The van der Waals surface area contributed by atoms with Crippen molar-refractivity contribution in [2.24, 2.45) is 0 Å². The number of furan rings is 1. The first-order valence-corrected chi connectivity index (χ1v) is 6.17. The molecule has 1 amide bonds. The second-order valence-electron chi connectivity index (χ2n) is 3.84. The van der Waals surface area contributed by atoms with Crippen LogP contribution in [0.2, 0.25) is 0 Å². The van der Waals surface area contributed by atoms with Crippen molar-refractivity contribution in [3.8, 4) is 11.3 Å². The first-order valence-electron chi connectivity index (χ1n) is 5.38. The Kier molecular flexibility index (Phi) is 3.71. The predicted molar refractivity (Wildman–Crippen MR) is 73.1 cm³/mol. The molecule has 19 heavy (non-hydrogen) atoms. The smallest absolute Gasteiger partial charge is 0.371 e. The predicted octanol–water partition coefficient (Wildman–Crippen LogP) is 3.37. The SMILES string of the molecule is CC(=O)Nc1cc(Br)ccc1-c1ccc(C(=O)O)o1. The fourth-order valence-electron chi connectivity index (χ4n) is 1.62. The minimum Gasteiger partial charge on any atom is -0.475 e. The van der Waals surface area contributed by atoms with E-state index in [1.165, 1.54) is 13.0 Å². The summed E-state index contributed by atoms with van der Waals surface area (Å²) in [5.41, 5.74) is 1.17. The number of benzene rings is 1. The summed E-state index contributed by atoms with van der Waals surface area (Å²) in [7, 11) is 0. The first kappa shape index (κ1) is 13.4. The number of anilines is 1. The molecule has 1 heterocycles. The number of hydrogen-bond acceptors (Lipinski definition) is 3. The van der Waals surface area contributed by atoms with E-state index in [1.807, 2.05) is 0 Å². The van der Waals surface area contributed by atoms with Crippen molar-refractivity contribution >= 4 is 33.5 Å². The van der Waals surface area contributed by atoms with Crippen LogP contribution >= 0.6 is 15.9 Å². The zero-order valence-corrected chi connectivity index (χ0v) is 11.5. The molecule has 0 aliphatic rings. The van der Waals surface area contributed by atoms with Gasteiger partial charge in [-0.25, -0.2) is 4.79 Å². The van der Waals surface area contributed by atoms with Crippen LogP contribution in [0, 0.1) is 0 Å². The Bertz CT molecular complexity index is 648. The van der Waals surface area contributed by atoms with Crippen molar-refractivity contribution in [2.45, 2.75) is 6.92 Å². The zero-order valence-electron chi connectivity index (χ0n) is 9.94. The van der Waals surface area contributed by atoms with Gasteiger partial charge in [-0.3, -0.25) is 4.79 Å². The molecule has 2 N–H and O–H groups in total. The molecule has 2 aromatic rings. The summed E-state index contributed by atoms with van der Waals surface area (Å²) >= 11 is 3.31. The van der Waals surface area contributed by atoms with E-state index in [0.717, 1.165) is 4.47 Å². The molecule has 0 radical (unpaired) electrons. The normalized spacial score (nSPS) is 10.2. The van der Waals surface area contributed by atoms with Crippen LogP contribution in [-0.4, -0.2) is 17.0 Å². The molecule has 0 spiro atoms. The third kappa shape index (κ3) is 3.03.